The second kappa shape index (κ2) is 5.47. The van der Waals surface area contributed by atoms with Crippen LogP contribution in [0.5, 0.6) is 0 Å². The molecule has 2 aromatic carbocycles. The standard InChI is InChI=1S/C15H9BrO/c16-15-9-6-12(7-10-15)5-8-13-3-1-2-4-14(13)11-17/h1-4,6-7,9-11H. The van der Waals surface area contributed by atoms with Crippen LogP contribution in [0.3, 0.4) is 0 Å². The van der Waals surface area contributed by atoms with Crippen molar-refractivity contribution in [1.82, 2.24) is 0 Å². The van der Waals surface area contributed by atoms with Crippen molar-refractivity contribution in [2.24, 2.45) is 0 Å². The number of hydrogen-bond acceptors (Lipinski definition) is 1. The summed E-state index contributed by atoms with van der Waals surface area (Å²) in [4.78, 5) is 10.8. The van der Waals surface area contributed by atoms with E-state index in [-0.39, 0.29) is 0 Å². The molecule has 0 aliphatic carbocycles. The van der Waals surface area contributed by atoms with Gasteiger partial charge in [0.05, 0.1) is 0 Å². The van der Waals surface area contributed by atoms with Crippen LogP contribution >= 0.6 is 15.9 Å². The minimum atomic E-state index is 0.622. The molecule has 0 aliphatic rings. The van der Waals surface area contributed by atoms with Gasteiger partial charge in [0.1, 0.15) is 0 Å². The van der Waals surface area contributed by atoms with Crippen LogP contribution in [0.15, 0.2) is 53.0 Å². The monoisotopic (exact) mass is 284 g/mol. The summed E-state index contributed by atoms with van der Waals surface area (Å²) in [5, 5.41) is 0. The third kappa shape index (κ3) is 3.05. The molecule has 0 amide bonds. The second-order valence-corrected chi connectivity index (χ2v) is 4.38. The van der Waals surface area contributed by atoms with E-state index < -0.39 is 0 Å². The van der Waals surface area contributed by atoms with E-state index >= 15 is 0 Å². The zero-order valence-corrected chi connectivity index (χ0v) is 10.6. The maximum absolute atomic E-state index is 10.8. The molecule has 2 heteroatoms. The van der Waals surface area contributed by atoms with Crippen LogP contribution < -0.4 is 0 Å². The first-order valence-electron chi connectivity index (χ1n) is 5.11. The third-order valence-electron chi connectivity index (χ3n) is 2.27. The molecular weight excluding hydrogens is 276 g/mol. The highest BCUT2D eigenvalue weighted by atomic mass is 79.9. The highest BCUT2D eigenvalue weighted by molar-refractivity contribution is 9.10. The van der Waals surface area contributed by atoms with Crippen molar-refractivity contribution in [3.05, 3.63) is 69.7 Å². The Balaban J connectivity index is 2.32. The number of halogens is 1. The first-order chi connectivity index (χ1) is 8.29. The molecule has 0 atom stereocenters. The maximum Gasteiger partial charge on any atom is 0.151 e. The summed E-state index contributed by atoms with van der Waals surface area (Å²) in [6.45, 7) is 0. The normalized spacial score (nSPS) is 9.24. The van der Waals surface area contributed by atoms with Crippen molar-refractivity contribution in [1.29, 1.82) is 0 Å². The molecule has 0 aliphatic heterocycles. The van der Waals surface area contributed by atoms with Gasteiger partial charge >= 0.3 is 0 Å². The summed E-state index contributed by atoms with van der Waals surface area (Å²) in [5.74, 6) is 6.04. The van der Waals surface area contributed by atoms with Crippen LogP contribution in [-0.2, 0) is 0 Å². The minimum Gasteiger partial charge on any atom is -0.298 e. The van der Waals surface area contributed by atoms with Gasteiger partial charge in [-0.2, -0.15) is 0 Å². The Labute approximate surface area is 109 Å². The molecule has 0 heterocycles. The van der Waals surface area contributed by atoms with Gasteiger partial charge in [0.25, 0.3) is 0 Å². The van der Waals surface area contributed by atoms with E-state index in [1.165, 1.54) is 0 Å². The molecule has 0 unspecified atom stereocenters. The maximum atomic E-state index is 10.8. The number of benzene rings is 2. The van der Waals surface area contributed by atoms with Gasteiger partial charge in [-0.3, -0.25) is 4.79 Å². The smallest absolute Gasteiger partial charge is 0.151 e. The van der Waals surface area contributed by atoms with E-state index in [1.54, 1.807) is 6.07 Å². The number of carbonyl (C=O) groups is 1. The molecule has 0 spiro atoms. The lowest BCUT2D eigenvalue weighted by Crippen LogP contribution is -1.85. The Bertz CT molecular complexity index is 588. The molecule has 2 rings (SSSR count). The SMILES string of the molecule is O=Cc1ccccc1C#Cc1ccc(Br)cc1. The highest BCUT2D eigenvalue weighted by Crippen LogP contribution is 2.10. The average molecular weight is 285 g/mol. The summed E-state index contributed by atoms with van der Waals surface area (Å²) < 4.78 is 1.02. The summed E-state index contributed by atoms with van der Waals surface area (Å²) in [6, 6.07) is 15.0. The molecule has 0 fully saturated rings. The molecule has 0 aromatic heterocycles. The molecule has 17 heavy (non-hydrogen) atoms. The van der Waals surface area contributed by atoms with Crippen molar-refractivity contribution in [3.8, 4) is 11.8 Å². The van der Waals surface area contributed by atoms with Crippen LogP contribution in [0.1, 0.15) is 21.5 Å². The Morgan fingerprint density at radius 3 is 2.35 bits per heavy atom. The van der Waals surface area contributed by atoms with E-state index in [0.29, 0.717) is 5.56 Å². The van der Waals surface area contributed by atoms with Crippen LogP contribution in [0.2, 0.25) is 0 Å². The van der Waals surface area contributed by atoms with Gasteiger partial charge in [-0.15, -0.1) is 0 Å². The summed E-state index contributed by atoms with van der Waals surface area (Å²) >= 11 is 3.37. The quantitative estimate of drug-likeness (QED) is 0.577. The summed E-state index contributed by atoms with van der Waals surface area (Å²) in [7, 11) is 0. The predicted molar refractivity (Wildman–Crippen MR) is 72.0 cm³/mol. The number of hydrogen-bond donors (Lipinski definition) is 0. The van der Waals surface area contributed by atoms with Crippen molar-refractivity contribution >= 4 is 22.2 Å². The fourth-order valence-electron chi connectivity index (χ4n) is 1.39. The summed E-state index contributed by atoms with van der Waals surface area (Å²) in [5.41, 5.74) is 2.30. The van der Waals surface area contributed by atoms with Crippen molar-refractivity contribution in [2.45, 2.75) is 0 Å². The minimum absolute atomic E-state index is 0.622. The topological polar surface area (TPSA) is 17.1 Å². The van der Waals surface area contributed by atoms with E-state index in [1.807, 2.05) is 42.5 Å². The van der Waals surface area contributed by atoms with Crippen molar-refractivity contribution in [3.63, 3.8) is 0 Å². The van der Waals surface area contributed by atoms with Gasteiger partial charge in [0.2, 0.25) is 0 Å². The zero-order chi connectivity index (χ0) is 12.1. The zero-order valence-electron chi connectivity index (χ0n) is 8.98. The Kier molecular flexibility index (Phi) is 3.74. The highest BCUT2D eigenvalue weighted by Gasteiger charge is 1.95. The lowest BCUT2D eigenvalue weighted by Gasteiger charge is -1.94. The molecule has 0 N–H and O–H groups in total. The lowest BCUT2D eigenvalue weighted by atomic mass is 10.1. The average Bonchev–Trinajstić information content (AvgIpc) is 2.38. The molecule has 1 nitrogen and oxygen atoms in total. The Hall–Kier alpha value is -1.85. The van der Waals surface area contributed by atoms with Gasteiger partial charge in [0.15, 0.2) is 6.29 Å². The number of rotatable bonds is 1. The number of aldehydes is 1. The Morgan fingerprint density at radius 1 is 0.941 bits per heavy atom. The van der Waals surface area contributed by atoms with Crippen LogP contribution in [-0.4, -0.2) is 6.29 Å². The van der Waals surface area contributed by atoms with Gasteiger partial charge in [-0.25, -0.2) is 0 Å². The molecule has 0 saturated carbocycles. The van der Waals surface area contributed by atoms with Crippen LogP contribution in [0, 0.1) is 11.8 Å². The molecule has 0 saturated heterocycles. The van der Waals surface area contributed by atoms with E-state index in [2.05, 4.69) is 27.8 Å². The molecule has 0 radical (unpaired) electrons. The fourth-order valence-corrected chi connectivity index (χ4v) is 1.65. The van der Waals surface area contributed by atoms with Crippen molar-refractivity contribution < 1.29 is 4.79 Å². The van der Waals surface area contributed by atoms with Gasteiger partial charge in [-0.05, 0) is 30.3 Å². The molecule has 2 aromatic rings. The first-order valence-corrected chi connectivity index (χ1v) is 5.91. The lowest BCUT2D eigenvalue weighted by molar-refractivity contribution is 0.112. The van der Waals surface area contributed by atoms with Gasteiger partial charge < -0.3 is 0 Å². The number of carbonyl (C=O) groups excluding carboxylic acids is 1. The van der Waals surface area contributed by atoms with E-state index in [9.17, 15) is 4.79 Å². The molecule has 0 bridgehead atoms. The van der Waals surface area contributed by atoms with E-state index in [4.69, 9.17) is 0 Å². The van der Waals surface area contributed by atoms with E-state index in [0.717, 1.165) is 21.9 Å². The third-order valence-corrected chi connectivity index (χ3v) is 2.80. The van der Waals surface area contributed by atoms with Gasteiger partial charge in [-0.1, -0.05) is 46.0 Å². The summed E-state index contributed by atoms with van der Waals surface area (Å²) in [6.07, 6.45) is 0.825. The van der Waals surface area contributed by atoms with Gasteiger partial charge in [0, 0.05) is 21.2 Å². The molecule has 82 valence electrons. The second-order valence-electron chi connectivity index (χ2n) is 3.46. The van der Waals surface area contributed by atoms with Crippen molar-refractivity contribution in [2.75, 3.05) is 0 Å². The van der Waals surface area contributed by atoms with Crippen LogP contribution in [0.4, 0.5) is 0 Å². The fraction of sp³-hybridized carbons (Fsp3) is 0. The first kappa shape index (κ1) is 11.6. The largest absolute Gasteiger partial charge is 0.298 e. The van der Waals surface area contributed by atoms with Crippen LogP contribution in [0.25, 0.3) is 0 Å². The predicted octanol–water partition coefficient (Wildman–Crippen LogP) is 3.66. The molecular formula is C15H9BrO. The Morgan fingerprint density at radius 2 is 1.65 bits per heavy atom.